The topological polar surface area (TPSA) is 68.3 Å². The van der Waals surface area contributed by atoms with Crippen LogP contribution >= 0.6 is 0 Å². The van der Waals surface area contributed by atoms with Gasteiger partial charge in [0.15, 0.2) is 23.1 Å². The van der Waals surface area contributed by atoms with Crippen molar-refractivity contribution in [1.82, 2.24) is 0 Å². The second-order valence-electron chi connectivity index (χ2n) is 4.88. The van der Waals surface area contributed by atoms with E-state index in [1.165, 1.54) is 24.3 Å². The van der Waals surface area contributed by atoms with E-state index >= 15 is 0 Å². The second kappa shape index (κ2) is 6.92. The van der Waals surface area contributed by atoms with Crippen molar-refractivity contribution >= 4 is 23.1 Å². The normalized spacial score (nSPS) is 19.9. The summed E-state index contributed by atoms with van der Waals surface area (Å²) in [4.78, 5) is 42.5. The Hall–Kier alpha value is -1.84. The first kappa shape index (κ1) is 15.2. The summed E-state index contributed by atoms with van der Waals surface area (Å²) >= 11 is 0. The number of carbonyl (C=O) groups excluding carboxylic acids is 4. The molecule has 0 aromatic heterocycles. The van der Waals surface area contributed by atoms with Gasteiger partial charge in [0.25, 0.3) is 0 Å². The van der Waals surface area contributed by atoms with Crippen LogP contribution < -0.4 is 0 Å². The van der Waals surface area contributed by atoms with Gasteiger partial charge in [-0.05, 0) is 36.6 Å². The molecule has 4 heteroatoms. The molecule has 0 aromatic rings. The fourth-order valence-electron chi connectivity index (χ4n) is 1.81. The van der Waals surface area contributed by atoms with E-state index in [9.17, 15) is 19.2 Å². The number of hydrogen-bond acceptors (Lipinski definition) is 4. The Morgan fingerprint density at radius 1 is 1.00 bits per heavy atom. The summed E-state index contributed by atoms with van der Waals surface area (Å²) < 4.78 is 0. The summed E-state index contributed by atoms with van der Waals surface area (Å²) in [5.74, 6) is -0.0849. The largest absolute Gasteiger partial charge is 0.294 e. The Kier molecular flexibility index (Phi) is 5.55. The highest BCUT2D eigenvalue weighted by Crippen LogP contribution is 2.21. The van der Waals surface area contributed by atoms with Crippen molar-refractivity contribution < 1.29 is 19.2 Å². The van der Waals surface area contributed by atoms with Gasteiger partial charge in [0.2, 0.25) is 0 Å². The lowest BCUT2D eigenvalue weighted by Gasteiger charge is -2.11. The van der Waals surface area contributed by atoms with Gasteiger partial charge in [0.1, 0.15) is 0 Å². The van der Waals surface area contributed by atoms with Crippen LogP contribution in [0.1, 0.15) is 33.1 Å². The Bertz CT molecular complexity index is 423. The van der Waals surface area contributed by atoms with Crippen LogP contribution in [0.3, 0.4) is 0 Å². The van der Waals surface area contributed by atoms with Gasteiger partial charge >= 0.3 is 0 Å². The van der Waals surface area contributed by atoms with Crippen LogP contribution in [0.5, 0.6) is 0 Å². The van der Waals surface area contributed by atoms with Gasteiger partial charge in [-0.3, -0.25) is 19.2 Å². The van der Waals surface area contributed by atoms with Crippen molar-refractivity contribution in [1.29, 1.82) is 0 Å². The van der Waals surface area contributed by atoms with E-state index in [4.69, 9.17) is 0 Å². The molecule has 0 fully saturated rings. The molecule has 0 N–H and O–H groups in total. The van der Waals surface area contributed by atoms with Gasteiger partial charge in [-0.1, -0.05) is 20.3 Å². The van der Waals surface area contributed by atoms with Crippen LogP contribution in [0.25, 0.3) is 0 Å². The first-order valence-electron chi connectivity index (χ1n) is 6.43. The monoisotopic (exact) mass is 262 g/mol. The van der Waals surface area contributed by atoms with Gasteiger partial charge in [0.05, 0.1) is 12.3 Å². The van der Waals surface area contributed by atoms with Crippen LogP contribution in [0, 0.1) is 11.8 Å². The first-order chi connectivity index (χ1) is 8.93. The van der Waals surface area contributed by atoms with E-state index in [0.29, 0.717) is 12.3 Å². The molecule has 0 saturated heterocycles. The number of ketones is 4. The minimum atomic E-state index is -0.361. The molecule has 102 valence electrons. The highest BCUT2D eigenvalue weighted by atomic mass is 16.2. The molecule has 19 heavy (non-hydrogen) atoms. The first-order valence-corrected chi connectivity index (χ1v) is 6.43. The van der Waals surface area contributed by atoms with Crippen molar-refractivity contribution in [3.8, 4) is 0 Å². The van der Waals surface area contributed by atoms with Crippen molar-refractivity contribution in [3.05, 3.63) is 24.3 Å². The van der Waals surface area contributed by atoms with Gasteiger partial charge in [-0.25, -0.2) is 0 Å². The van der Waals surface area contributed by atoms with E-state index in [1.807, 2.05) is 0 Å². The lowest BCUT2D eigenvalue weighted by atomic mass is 9.91. The van der Waals surface area contributed by atoms with E-state index < -0.39 is 0 Å². The molecule has 0 aromatic carbocycles. The summed E-state index contributed by atoms with van der Waals surface area (Å²) in [5.41, 5.74) is 0. The number of allylic oxidation sites excluding steroid dienone is 4. The molecule has 0 saturated carbocycles. The number of carbonyl (C=O) groups is 4. The molecular weight excluding hydrogens is 244 g/mol. The molecule has 0 heterocycles. The molecular formula is C15H18O4. The second-order valence-corrected chi connectivity index (χ2v) is 4.88. The Morgan fingerprint density at radius 2 is 1.47 bits per heavy atom. The molecule has 0 bridgehead atoms. The maximum Gasteiger partial charge on any atom is 0.166 e. The minimum Gasteiger partial charge on any atom is -0.294 e. The van der Waals surface area contributed by atoms with Crippen molar-refractivity contribution in [2.75, 3.05) is 0 Å². The van der Waals surface area contributed by atoms with Crippen LogP contribution in [-0.2, 0) is 19.2 Å². The van der Waals surface area contributed by atoms with Crippen molar-refractivity contribution in [3.63, 3.8) is 0 Å². The number of rotatable bonds is 3. The average molecular weight is 262 g/mol. The smallest absolute Gasteiger partial charge is 0.166 e. The number of hydrogen-bond donors (Lipinski definition) is 0. The van der Waals surface area contributed by atoms with Crippen LogP contribution in [0.2, 0.25) is 0 Å². The molecule has 1 unspecified atom stereocenters. The lowest BCUT2D eigenvalue weighted by molar-refractivity contribution is -0.126. The quantitative estimate of drug-likeness (QED) is 0.728. The van der Waals surface area contributed by atoms with Gasteiger partial charge in [-0.2, -0.15) is 0 Å². The molecule has 2 rings (SSSR count). The van der Waals surface area contributed by atoms with Crippen molar-refractivity contribution in [2.24, 2.45) is 11.8 Å². The summed E-state index contributed by atoms with van der Waals surface area (Å²) in [5, 5.41) is 0. The predicted molar refractivity (Wildman–Crippen MR) is 70.5 cm³/mol. The minimum absolute atomic E-state index is 0.0136. The summed E-state index contributed by atoms with van der Waals surface area (Å²) in [7, 11) is 0. The maximum atomic E-state index is 11.1. The standard InChI is InChI=1S/C10H14O2.C5H4O2/c1-3-7(2)6-8-9(11)4-5-10(8)12;6-4-1-2-5(7)3-4/h4-5,7-8H,3,6H2,1-2H3;1-2H,3H2. The zero-order chi connectivity index (χ0) is 14.4. The van der Waals surface area contributed by atoms with E-state index in [-0.39, 0.29) is 35.5 Å². The van der Waals surface area contributed by atoms with Gasteiger partial charge < -0.3 is 0 Å². The van der Waals surface area contributed by atoms with Crippen LogP contribution in [-0.4, -0.2) is 23.1 Å². The SMILES string of the molecule is CCC(C)CC1C(=O)C=CC1=O.O=C1C=CC(=O)C1. The zero-order valence-electron chi connectivity index (χ0n) is 11.2. The van der Waals surface area contributed by atoms with E-state index in [0.717, 1.165) is 6.42 Å². The summed E-state index contributed by atoms with van der Waals surface area (Å²) in [6.07, 6.45) is 7.23. The molecule has 0 spiro atoms. The summed E-state index contributed by atoms with van der Waals surface area (Å²) in [6, 6.07) is 0. The predicted octanol–water partition coefficient (Wildman–Crippen LogP) is 1.83. The maximum absolute atomic E-state index is 11.1. The molecule has 0 aliphatic heterocycles. The fraction of sp³-hybridized carbons (Fsp3) is 0.467. The average Bonchev–Trinajstić information content (AvgIpc) is 2.89. The lowest BCUT2D eigenvalue weighted by Crippen LogP contribution is -2.18. The fourth-order valence-corrected chi connectivity index (χ4v) is 1.81. The Balaban J connectivity index is 0.000000218. The molecule has 1 atom stereocenters. The molecule has 2 aliphatic rings. The third-order valence-electron chi connectivity index (χ3n) is 3.24. The molecule has 0 amide bonds. The molecule has 4 nitrogen and oxygen atoms in total. The highest BCUT2D eigenvalue weighted by molar-refractivity contribution is 6.18. The highest BCUT2D eigenvalue weighted by Gasteiger charge is 2.28. The summed E-state index contributed by atoms with van der Waals surface area (Å²) in [6.45, 7) is 4.14. The van der Waals surface area contributed by atoms with Crippen LogP contribution in [0.15, 0.2) is 24.3 Å². The zero-order valence-corrected chi connectivity index (χ0v) is 11.2. The van der Waals surface area contributed by atoms with Crippen molar-refractivity contribution in [2.45, 2.75) is 33.1 Å². The van der Waals surface area contributed by atoms with E-state index in [1.54, 1.807) is 0 Å². The van der Waals surface area contributed by atoms with Gasteiger partial charge in [-0.15, -0.1) is 0 Å². The third-order valence-corrected chi connectivity index (χ3v) is 3.24. The van der Waals surface area contributed by atoms with E-state index in [2.05, 4.69) is 13.8 Å². The molecule has 2 aliphatic carbocycles. The molecule has 0 radical (unpaired) electrons. The van der Waals surface area contributed by atoms with Gasteiger partial charge in [0, 0.05) is 0 Å². The Morgan fingerprint density at radius 3 is 1.79 bits per heavy atom. The Labute approximate surface area is 112 Å². The third kappa shape index (κ3) is 4.73. The van der Waals surface area contributed by atoms with Crippen LogP contribution in [0.4, 0.5) is 0 Å².